The Bertz CT molecular complexity index is 500. The normalized spacial score (nSPS) is 10.4. The SMILES string of the molecule is COc1cccc(CN)c1OCc1cnn(C)c1. The van der Waals surface area contributed by atoms with E-state index in [-0.39, 0.29) is 0 Å². The van der Waals surface area contributed by atoms with Crippen molar-refractivity contribution in [3.63, 3.8) is 0 Å². The number of ether oxygens (including phenoxy) is 2. The lowest BCUT2D eigenvalue weighted by atomic mass is 10.2. The molecule has 0 fully saturated rings. The number of nitrogens with two attached hydrogens (primary N) is 1. The predicted molar refractivity (Wildman–Crippen MR) is 68.4 cm³/mol. The second kappa shape index (κ2) is 5.55. The Labute approximate surface area is 106 Å². The summed E-state index contributed by atoms with van der Waals surface area (Å²) in [5.41, 5.74) is 7.63. The molecule has 0 unspecified atom stereocenters. The van der Waals surface area contributed by atoms with Gasteiger partial charge in [-0.05, 0) is 6.07 Å². The molecule has 96 valence electrons. The van der Waals surface area contributed by atoms with E-state index >= 15 is 0 Å². The number of hydrogen-bond acceptors (Lipinski definition) is 4. The highest BCUT2D eigenvalue weighted by molar-refractivity contribution is 5.46. The second-order valence-electron chi connectivity index (χ2n) is 3.96. The van der Waals surface area contributed by atoms with Crippen molar-refractivity contribution in [2.24, 2.45) is 12.8 Å². The zero-order valence-corrected chi connectivity index (χ0v) is 10.6. The summed E-state index contributed by atoms with van der Waals surface area (Å²) in [6.45, 7) is 0.862. The number of benzene rings is 1. The lowest BCUT2D eigenvalue weighted by molar-refractivity contribution is 0.281. The number of methoxy groups -OCH3 is 1. The van der Waals surface area contributed by atoms with Gasteiger partial charge in [-0.2, -0.15) is 5.10 Å². The van der Waals surface area contributed by atoms with Crippen LogP contribution in [-0.2, 0) is 20.2 Å². The van der Waals surface area contributed by atoms with Gasteiger partial charge in [0, 0.05) is 30.9 Å². The zero-order chi connectivity index (χ0) is 13.0. The standard InChI is InChI=1S/C13H17N3O2/c1-16-8-10(7-15-16)9-18-13-11(6-14)4-3-5-12(13)17-2/h3-5,7-8H,6,9,14H2,1-2H3. The van der Waals surface area contributed by atoms with Crippen LogP contribution in [0.4, 0.5) is 0 Å². The van der Waals surface area contributed by atoms with Gasteiger partial charge in [0.1, 0.15) is 6.61 Å². The lowest BCUT2D eigenvalue weighted by Gasteiger charge is -2.13. The van der Waals surface area contributed by atoms with Crippen LogP contribution in [0, 0.1) is 0 Å². The molecule has 5 heteroatoms. The third-order valence-electron chi connectivity index (χ3n) is 2.64. The van der Waals surface area contributed by atoms with E-state index in [1.165, 1.54) is 0 Å². The van der Waals surface area contributed by atoms with E-state index < -0.39 is 0 Å². The molecular weight excluding hydrogens is 230 g/mol. The summed E-state index contributed by atoms with van der Waals surface area (Å²) in [5.74, 6) is 1.40. The molecule has 0 atom stereocenters. The summed E-state index contributed by atoms with van der Waals surface area (Å²) in [6, 6.07) is 5.69. The molecule has 0 radical (unpaired) electrons. The smallest absolute Gasteiger partial charge is 0.166 e. The maximum Gasteiger partial charge on any atom is 0.166 e. The van der Waals surface area contributed by atoms with Crippen LogP contribution in [0.15, 0.2) is 30.6 Å². The van der Waals surface area contributed by atoms with Gasteiger partial charge in [0.25, 0.3) is 0 Å². The first-order valence-electron chi connectivity index (χ1n) is 5.71. The molecule has 1 aromatic carbocycles. The Morgan fingerprint density at radius 2 is 2.22 bits per heavy atom. The van der Waals surface area contributed by atoms with Crippen LogP contribution in [0.5, 0.6) is 11.5 Å². The fraction of sp³-hybridized carbons (Fsp3) is 0.308. The Morgan fingerprint density at radius 1 is 1.39 bits per heavy atom. The van der Waals surface area contributed by atoms with Crippen LogP contribution >= 0.6 is 0 Å². The topological polar surface area (TPSA) is 62.3 Å². The molecule has 0 aliphatic rings. The van der Waals surface area contributed by atoms with Crippen LogP contribution < -0.4 is 15.2 Å². The molecule has 18 heavy (non-hydrogen) atoms. The van der Waals surface area contributed by atoms with Gasteiger partial charge in [-0.15, -0.1) is 0 Å². The molecule has 0 bridgehead atoms. The molecular formula is C13H17N3O2. The highest BCUT2D eigenvalue weighted by Gasteiger charge is 2.09. The number of aromatic nitrogens is 2. The molecule has 0 spiro atoms. The first-order valence-corrected chi connectivity index (χ1v) is 5.71. The van der Waals surface area contributed by atoms with E-state index in [2.05, 4.69) is 5.10 Å². The molecule has 2 aromatic rings. The molecule has 0 aliphatic heterocycles. The molecule has 0 saturated carbocycles. The van der Waals surface area contributed by atoms with Gasteiger partial charge in [-0.3, -0.25) is 4.68 Å². The largest absolute Gasteiger partial charge is 0.493 e. The quantitative estimate of drug-likeness (QED) is 0.869. The van der Waals surface area contributed by atoms with E-state index in [9.17, 15) is 0 Å². The van der Waals surface area contributed by atoms with Crippen LogP contribution in [0.1, 0.15) is 11.1 Å². The third kappa shape index (κ3) is 2.62. The molecule has 0 aliphatic carbocycles. The van der Waals surface area contributed by atoms with Crippen LogP contribution in [0.3, 0.4) is 0 Å². The number of nitrogens with zero attached hydrogens (tertiary/aromatic N) is 2. The van der Waals surface area contributed by atoms with Crippen molar-refractivity contribution in [3.8, 4) is 11.5 Å². The summed E-state index contributed by atoms with van der Waals surface area (Å²) in [4.78, 5) is 0. The Balaban J connectivity index is 2.17. The maximum atomic E-state index is 5.79. The van der Waals surface area contributed by atoms with Gasteiger partial charge in [0.05, 0.1) is 13.3 Å². The van der Waals surface area contributed by atoms with Gasteiger partial charge in [0.2, 0.25) is 0 Å². The second-order valence-corrected chi connectivity index (χ2v) is 3.96. The highest BCUT2D eigenvalue weighted by atomic mass is 16.5. The summed E-state index contributed by atoms with van der Waals surface area (Å²) in [5, 5.41) is 4.09. The van der Waals surface area contributed by atoms with Crippen LogP contribution in [-0.4, -0.2) is 16.9 Å². The average molecular weight is 247 g/mol. The van der Waals surface area contributed by atoms with E-state index in [1.807, 2.05) is 31.4 Å². The van der Waals surface area contributed by atoms with E-state index in [0.29, 0.717) is 24.7 Å². The van der Waals surface area contributed by atoms with Gasteiger partial charge in [0.15, 0.2) is 11.5 Å². The molecule has 1 heterocycles. The number of aryl methyl sites for hydroxylation is 1. The lowest BCUT2D eigenvalue weighted by Crippen LogP contribution is -2.04. The minimum atomic E-state index is 0.416. The summed E-state index contributed by atoms with van der Waals surface area (Å²) in [7, 11) is 3.49. The van der Waals surface area contributed by atoms with Gasteiger partial charge < -0.3 is 15.2 Å². The first kappa shape index (κ1) is 12.4. The number of hydrogen-bond donors (Lipinski definition) is 1. The fourth-order valence-electron chi connectivity index (χ4n) is 1.75. The molecule has 2 N–H and O–H groups in total. The van der Waals surface area contributed by atoms with Gasteiger partial charge in [-0.1, -0.05) is 12.1 Å². The van der Waals surface area contributed by atoms with Crippen molar-refractivity contribution in [3.05, 3.63) is 41.7 Å². The fourth-order valence-corrected chi connectivity index (χ4v) is 1.75. The van der Waals surface area contributed by atoms with E-state index in [0.717, 1.165) is 11.1 Å². The average Bonchev–Trinajstić information content (AvgIpc) is 2.81. The van der Waals surface area contributed by atoms with Crippen molar-refractivity contribution in [1.29, 1.82) is 0 Å². The van der Waals surface area contributed by atoms with Crippen molar-refractivity contribution in [2.75, 3.05) is 7.11 Å². The van der Waals surface area contributed by atoms with Gasteiger partial charge in [-0.25, -0.2) is 0 Å². The molecule has 1 aromatic heterocycles. The van der Waals surface area contributed by atoms with Crippen molar-refractivity contribution in [2.45, 2.75) is 13.2 Å². The zero-order valence-electron chi connectivity index (χ0n) is 10.6. The van der Waals surface area contributed by atoms with Crippen molar-refractivity contribution < 1.29 is 9.47 Å². The Morgan fingerprint density at radius 3 is 2.83 bits per heavy atom. The molecule has 2 rings (SSSR count). The predicted octanol–water partition coefficient (Wildman–Crippen LogP) is 1.47. The van der Waals surface area contributed by atoms with E-state index in [4.69, 9.17) is 15.2 Å². The molecule has 0 amide bonds. The Kier molecular flexibility index (Phi) is 3.84. The Hall–Kier alpha value is -2.01. The minimum Gasteiger partial charge on any atom is -0.493 e. The molecule has 5 nitrogen and oxygen atoms in total. The summed E-state index contributed by atoms with van der Waals surface area (Å²) < 4.78 is 12.8. The summed E-state index contributed by atoms with van der Waals surface area (Å²) in [6.07, 6.45) is 3.69. The maximum absolute atomic E-state index is 5.79. The number of rotatable bonds is 5. The first-order chi connectivity index (χ1) is 8.74. The van der Waals surface area contributed by atoms with Crippen molar-refractivity contribution in [1.82, 2.24) is 9.78 Å². The molecule has 0 saturated heterocycles. The summed E-state index contributed by atoms with van der Waals surface area (Å²) >= 11 is 0. The minimum absolute atomic E-state index is 0.416. The van der Waals surface area contributed by atoms with Crippen LogP contribution in [0.25, 0.3) is 0 Å². The highest BCUT2D eigenvalue weighted by Crippen LogP contribution is 2.31. The van der Waals surface area contributed by atoms with Crippen LogP contribution in [0.2, 0.25) is 0 Å². The van der Waals surface area contributed by atoms with Crippen molar-refractivity contribution >= 4 is 0 Å². The van der Waals surface area contributed by atoms with Gasteiger partial charge >= 0.3 is 0 Å². The monoisotopic (exact) mass is 247 g/mol. The number of para-hydroxylation sites is 1. The van der Waals surface area contributed by atoms with E-state index in [1.54, 1.807) is 18.0 Å². The third-order valence-corrected chi connectivity index (χ3v) is 2.64.